The summed E-state index contributed by atoms with van der Waals surface area (Å²) in [6.07, 6.45) is 1.83. The van der Waals surface area contributed by atoms with Gasteiger partial charge in [0.05, 0.1) is 6.10 Å². The molecule has 4 heteroatoms. The fourth-order valence-corrected chi connectivity index (χ4v) is 3.12. The molecule has 104 valence electrons. The molecule has 2 fully saturated rings. The van der Waals surface area contributed by atoms with E-state index in [0.717, 1.165) is 25.9 Å². The molecule has 2 aliphatic rings. The van der Waals surface area contributed by atoms with Gasteiger partial charge in [-0.25, -0.2) is 0 Å². The van der Waals surface area contributed by atoms with Gasteiger partial charge in [-0.05, 0) is 46.5 Å². The molecule has 0 radical (unpaired) electrons. The molecule has 0 amide bonds. The number of rotatable bonds is 2. The zero-order valence-corrected chi connectivity index (χ0v) is 11.8. The number of carbonyl (C=O) groups excluding carboxylic acids is 1. The zero-order valence-electron chi connectivity index (χ0n) is 11.8. The molecule has 1 saturated heterocycles. The van der Waals surface area contributed by atoms with Crippen LogP contribution < -0.4 is 0 Å². The van der Waals surface area contributed by atoms with Crippen molar-refractivity contribution in [1.82, 2.24) is 4.90 Å². The first-order valence-electron chi connectivity index (χ1n) is 6.93. The Morgan fingerprint density at radius 1 is 1.33 bits per heavy atom. The minimum Gasteiger partial charge on any atom is -0.459 e. The van der Waals surface area contributed by atoms with Crippen molar-refractivity contribution in [3.63, 3.8) is 0 Å². The SMILES string of the molecule is CC(C(=O)OC(C)(C)C)N1CC2CCC(O)C2C1. The molecule has 0 aromatic rings. The van der Waals surface area contributed by atoms with Gasteiger partial charge in [0.2, 0.25) is 0 Å². The summed E-state index contributed by atoms with van der Waals surface area (Å²) in [7, 11) is 0. The molecule has 0 aromatic carbocycles. The van der Waals surface area contributed by atoms with E-state index in [2.05, 4.69) is 4.90 Å². The summed E-state index contributed by atoms with van der Waals surface area (Å²) in [6.45, 7) is 9.32. The van der Waals surface area contributed by atoms with Crippen LogP contribution in [-0.2, 0) is 9.53 Å². The maximum absolute atomic E-state index is 12.0. The Morgan fingerprint density at radius 2 is 2.00 bits per heavy atom. The lowest BCUT2D eigenvalue weighted by Gasteiger charge is -2.28. The number of hydrogen-bond donors (Lipinski definition) is 1. The third kappa shape index (κ3) is 2.86. The van der Waals surface area contributed by atoms with E-state index in [4.69, 9.17) is 4.74 Å². The summed E-state index contributed by atoms with van der Waals surface area (Å²) in [4.78, 5) is 14.2. The highest BCUT2D eigenvalue weighted by Gasteiger charge is 2.44. The van der Waals surface area contributed by atoms with Crippen LogP contribution in [-0.4, -0.2) is 46.8 Å². The second-order valence-electron chi connectivity index (χ2n) is 6.73. The largest absolute Gasteiger partial charge is 0.459 e. The van der Waals surface area contributed by atoms with Crippen molar-refractivity contribution in [2.75, 3.05) is 13.1 Å². The highest BCUT2D eigenvalue weighted by Crippen LogP contribution is 2.38. The number of nitrogens with zero attached hydrogens (tertiary/aromatic N) is 1. The third-order valence-corrected chi connectivity index (χ3v) is 4.14. The van der Waals surface area contributed by atoms with E-state index in [1.54, 1.807) is 0 Å². The second-order valence-corrected chi connectivity index (χ2v) is 6.73. The summed E-state index contributed by atoms with van der Waals surface area (Å²) in [5.41, 5.74) is -0.430. The Kier molecular flexibility index (Phi) is 3.70. The van der Waals surface area contributed by atoms with Crippen molar-refractivity contribution in [1.29, 1.82) is 0 Å². The van der Waals surface area contributed by atoms with Gasteiger partial charge in [0, 0.05) is 19.0 Å². The van der Waals surface area contributed by atoms with Gasteiger partial charge in [0.1, 0.15) is 11.6 Å². The summed E-state index contributed by atoms with van der Waals surface area (Å²) in [6, 6.07) is -0.206. The Hall–Kier alpha value is -0.610. The predicted octanol–water partition coefficient (Wildman–Crippen LogP) is 1.42. The minimum atomic E-state index is -0.430. The average molecular weight is 255 g/mol. The standard InChI is InChI=1S/C14H25NO3/c1-9(13(17)18-14(2,3)4)15-7-10-5-6-12(16)11(10)8-15/h9-12,16H,5-8H2,1-4H3. The van der Waals surface area contributed by atoms with Gasteiger partial charge < -0.3 is 9.84 Å². The summed E-state index contributed by atoms with van der Waals surface area (Å²) in [5, 5.41) is 9.88. The smallest absolute Gasteiger partial charge is 0.323 e. The first-order valence-corrected chi connectivity index (χ1v) is 6.93. The zero-order chi connectivity index (χ0) is 13.5. The summed E-state index contributed by atoms with van der Waals surface area (Å²) in [5.74, 6) is 0.761. The molecule has 18 heavy (non-hydrogen) atoms. The molecule has 1 heterocycles. The normalized spacial score (nSPS) is 34.4. The van der Waals surface area contributed by atoms with Crippen molar-refractivity contribution in [2.45, 2.75) is 58.3 Å². The van der Waals surface area contributed by atoms with Gasteiger partial charge in [-0.15, -0.1) is 0 Å². The monoisotopic (exact) mass is 255 g/mol. The van der Waals surface area contributed by atoms with E-state index in [0.29, 0.717) is 11.8 Å². The highest BCUT2D eigenvalue weighted by atomic mass is 16.6. The average Bonchev–Trinajstić information content (AvgIpc) is 2.77. The van der Waals surface area contributed by atoms with Gasteiger partial charge in [0.15, 0.2) is 0 Å². The number of aliphatic hydroxyl groups excluding tert-OH is 1. The first kappa shape index (κ1) is 13.8. The number of aliphatic hydroxyl groups is 1. The number of esters is 1. The molecule has 4 unspecified atom stereocenters. The summed E-state index contributed by atoms with van der Waals surface area (Å²) < 4.78 is 5.42. The molecule has 0 bridgehead atoms. The molecular weight excluding hydrogens is 230 g/mol. The molecule has 4 atom stereocenters. The van der Waals surface area contributed by atoms with Gasteiger partial charge in [-0.2, -0.15) is 0 Å². The molecule has 1 saturated carbocycles. The van der Waals surface area contributed by atoms with Gasteiger partial charge in [-0.1, -0.05) is 0 Å². The van der Waals surface area contributed by atoms with E-state index in [9.17, 15) is 9.90 Å². The Balaban J connectivity index is 1.91. The van der Waals surface area contributed by atoms with Crippen molar-refractivity contribution >= 4 is 5.97 Å². The van der Waals surface area contributed by atoms with Crippen LogP contribution in [0.3, 0.4) is 0 Å². The van der Waals surface area contributed by atoms with Crippen molar-refractivity contribution in [3.05, 3.63) is 0 Å². The molecule has 1 N–H and O–H groups in total. The van der Waals surface area contributed by atoms with E-state index >= 15 is 0 Å². The molecule has 4 nitrogen and oxygen atoms in total. The van der Waals surface area contributed by atoms with Crippen LogP contribution in [0.2, 0.25) is 0 Å². The van der Waals surface area contributed by atoms with Crippen molar-refractivity contribution < 1.29 is 14.6 Å². The lowest BCUT2D eigenvalue weighted by molar-refractivity contribution is -0.160. The number of fused-ring (bicyclic) bond motifs is 1. The third-order valence-electron chi connectivity index (χ3n) is 4.14. The quantitative estimate of drug-likeness (QED) is 0.758. The Labute approximate surface area is 109 Å². The van der Waals surface area contributed by atoms with E-state index in [1.165, 1.54) is 0 Å². The van der Waals surface area contributed by atoms with E-state index in [-0.39, 0.29) is 18.1 Å². The van der Waals surface area contributed by atoms with Crippen LogP contribution in [0.1, 0.15) is 40.5 Å². The van der Waals surface area contributed by atoms with Gasteiger partial charge in [-0.3, -0.25) is 9.69 Å². The van der Waals surface area contributed by atoms with Crippen LogP contribution >= 0.6 is 0 Å². The number of carbonyl (C=O) groups is 1. The van der Waals surface area contributed by atoms with Crippen LogP contribution in [0.5, 0.6) is 0 Å². The molecule has 1 aliphatic heterocycles. The molecular formula is C14H25NO3. The lowest BCUT2D eigenvalue weighted by Crippen LogP contribution is -2.42. The first-order chi connectivity index (χ1) is 8.28. The molecule has 0 spiro atoms. The minimum absolute atomic E-state index is 0.156. The second kappa shape index (κ2) is 4.82. The van der Waals surface area contributed by atoms with Gasteiger partial charge in [0.25, 0.3) is 0 Å². The Morgan fingerprint density at radius 3 is 2.56 bits per heavy atom. The summed E-state index contributed by atoms with van der Waals surface area (Å²) >= 11 is 0. The highest BCUT2D eigenvalue weighted by molar-refractivity contribution is 5.75. The van der Waals surface area contributed by atoms with Gasteiger partial charge >= 0.3 is 5.97 Å². The maximum Gasteiger partial charge on any atom is 0.323 e. The van der Waals surface area contributed by atoms with E-state index < -0.39 is 5.60 Å². The van der Waals surface area contributed by atoms with Crippen molar-refractivity contribution in [3.8, 4) is 0 Å². The van der Waals surface area contributed by atoms with Crippen LogP contribution in [0.15, 0.2) is 0 Å². The number of ether oxygens (including phenoxy) is 1. The van der Waals surface area contributed by atoms with Crippen molar-refractivity contribution in [2.24, 2.45) is 11.8 Å². The lowest BCUT2D eigenvalue weighted by atomic mass is 10.00. The number of hydrogen-bond acceptors (Lipinski definition) is 4. The van der Waals surface area contributed by atoms with Crippen LogP contribution in [0, 0.1) is 11.8 Å². The van der Waals surface area contributed by atoms with Crippen LogP contribution in [0.4, 0.5) is 0 Å². The Bertz CT molecular complexity index is 323. The number of likely N-dealkylation sites (tertiary alicyclic amines) is 1. The molecule has 0 aromatic heterocycles. The fraction of sp³-hybridized carbons (Fsp3) is 0.929. The van der Waals surface area contributed by atoms with Crippen LogP contribution in [0.25, 0.3) is 0 Å². The maximum atomic E-state index is 12.0. The fourth-order valence-electron chi connectivity index (χ4n) is 3.12. The molecule has 1 aliphatic carbocycles. The molecule has 2 rings (SSSR count). The topological polar surface area (TPSA) is 49.8 Å². The van der Waals surface area contributed by atoms with E-state index in [1.807, 2.05) is 27.7 Å². The predicted molar refractivity (Wildman–Crippen MR) is 69.1 cm³/mol.